The number of nitrogens with one attached hydrogen (secondary N) is 2. The summed E-state index contributed by atoms with van der Waals surface area (Å²) in [5, 5.41) is 12.6. The molecule has 5 nitrogen and oxygen atoms in total. The van der Waals surface area contributed by atoms with Crippen LogP contribution in [0, 0.1) is 17.8 Å². The number of carbonyl (C=O) groups excluding carboxylic acids is 1. The predicted octanol–water partition coefficient (Wildman–Crippen LogP) is 2.13. The van der Waals surface area contributed by atoms with Gasteiger partial charge in [0, 0.05) is 6.54 Å². The van der Waals surface area contributed by atoms with E-state index < -0.39 is 23.7 Å². The highest BCUT2D eigenvalue weighted by molar-refractivity contribution is 5.86. The summed E-state index contributed by atoms with van der Waals surface area (Å²) in [6, 6.07) is -1.10. The van der Waals surface area contributed by atoms with Crippen molar-refractivity contribution in [3.8, 4) is 0 Å². The predicted molar refractivity (Wildman–Crippen MR) is 67.6 cm³/mol. The lowest BCUT2D eigenvalue weighted by Crippen LogP contribution is -2.63. The third kappa shape index (κ3) is 3.08. The van der Waals surface area contributed by atoms with Crippen molar-refractivity contribution in [1.29, 1.82) is 0 Å². The van der Waals surface area contributed by atoms with Crippen molar-refractivity contribution < 1.29 is 27.9 Å². The Labute approximate surface area is 120 Å². The zero-order valence-electron chi connectivity index (χ0n) is 11.7. The van der Waals surface area contributed by atoms with Crippen molar-refractivity contribution in [2.24, 2.45) is 17.8 Å². The number of carbonyl (C=O) groups is 2. The summed E-state index contributed by atoms with van der Waals surface area (Å²) in [4.78, 5) is 22.4. The summed E-state index contributed by atoms with van der Waals surface area (Å²) < 4.78 is 38.3. The molecule has 0 aliphatic heterocycles. The molecule has 0 aromatic carbocycles. The van der Waals surface area contributed by atoms with E-state index in [0.717, 1.165) is 19.3 Å². The highest BCUT2D eigenvalue weighted by atomic mass is 19.4. The molecule has 0 spiro atoms. The molecule has 0 radical (unpaired) electrons. The molecule has 0 aromatic heterocycles. The third-order valence-corrected chi connectivity index (χ3v) is 4.77. The van der Waals surface area contributed by atoms with Gasteiger partial charge in [-0.1, -0.05) is 6.42 Å². The second-order valence-corrected chi connectivity index (χ2v) is 6.20. The molecule has 2 rings (SSSR count). The van der Waals surface area contributed by atoms with Crippen LogP contribution in [0.3, 0.4) is 0 Å². The molecule has 2 fully saturated rings. The molecule has 8 heteroatoms. The quantitative estimate of drug-likeness (QED) is 0.744. The van der Waals surface area contributed by atoms with E-state index in [0.29, 0.717) is 25.3 Å². The SMILES string of the molecule is CC(NC(=O)NCC1CC2CCC1C2)(C(=O)O)C(F)(F)F. The molecule has 2 aliphatic rings. The van der Waals surface area contributed by atoms with Crippen molar-refractivity contribution in [2.45, 2.75) is 44.3 Å². The summed E-state index contributed by atoms with van der Waals surface area (Å²) >= 11 is 0. The monoisotopic (exact) mass is 308 g/mol. The van der Waals surface area contributed by atoms with Crippen LogP contribution < -0.4 is 10.6 Å². The number of hydrogen-bond donors (Lipinski definition) is 3. The summed E-state index contributed by atoms with van der Waals surface area (Å²) in [5.41, 5.74) is -3.29. The Morgan fingerprint density at radius 2 is 1.90 bits per heavy atom. The number of hydrogen-bond acceptors (Lipinski definition) is 2. The molecule has 0 saturated heterocycles. The third-order valence-electron chi connectivity index (χ3n) is 4.77. The van der Waals surface area contributed by atoms with Crippen LogP contribution in [0.2, 0.25) is 0 Å². The van der Waals surface area contributed by atoms with Crippen LogP contribution in [0.4, 0.5) is 18.0 Å². The Hall–Kier alpha value is -1.47. The average Bonchev–Trinajstić information content (AvgIpc) is 2.96. The molecular weight excluding hydrogens is 289 g/mol. The lowest BCUT2D eigenvalue weighted by atomic mass is 9.89. The Bertz CT molecular complexity index is 441. The van der Waals surface area contributed by atoms with Gasteiger partial charge in [-0.15, -0.1) is 0 Å². The number of fused-ring (bicyclic) bond motifs is 2. The zero-order chi connectivity index (χ0) is 15.8. The van der Waals surface area contributed by atoms with Gasteiger partial charge in [-0.25, -0.2) is 9.59 Å². The van der Waals surface area contributed by atoms with Gasteiger partial charge in [0.05, 0.1) is 0 Å². The lowest BCUT2D eigenvalue weighted by Gasteiger charge is -2.29. The molecule has 0 aromatic rings. The highest BCUT2D eigenvalue weighted by Crippen LogP contribution is 2.47. The number of urea groups is 1. The Kier molecular flexibility index (Phi) is 4.08. The summed E-state index contributed by atoms with van der Waals surface area (Å²) in [6.45, 7) is 0.729. The van der Waals surface area contributed by atoms with E-state index in [1.165, 1.54) is 11.7 Å². The molecule has 2 saturated carbocycles. The number of rotatable bonds is 4. The van der Waals surface area contributed by atoms with Gasteiger partial charge in [0.2, 0.25) is 5.54 Å². The first-order valence-electron chi connectivity index (χ1n) is 6.99. The first-order chi connectivity index (χ1) is 9.63. The second kappa shape index (κ2) is 5.38. The van der Waals surface area contributed by atoms with E-state index in [1.54, 1.807) is 0 Å². The number of carboxylic acid groups (broad SMARTS) is 1. The number of halogens is 3. The van der Waals surface area contributed by atoms with Crippen LogP contribution in [-0.2, 0) is 4.79 Å². The number of aliphatic carboxylic acids is 1. The number of alkyl halides is 3. The highest BCUT2D eigenvalue weighted by Gasteiger charge is 2.58. The normalized spacial score (nSPS) is 30.8. The fraction of sp³-hybridized carbons (Fsp3) is 0.846. The van der Waals surface area contributed by atoms with E-state index in [4.69, 9.17) is 5.11 Å². The van der Waals surface area contributed by atoms with Crippen LogP contribution in [0.1, 0.15) is 32.6 Å². The fourth-order valence-corrected chi connectivity index (χ4v) is 3.37. The Balaban J connectivity index is 1.87. The van der Waals surface area contributed by atoms with Gasteiger partial charge < -0.3 is 15.7 Å². The molecule has 2 aliphatic carbocycles. The van der Waals surface area contributed by atoms with E-state index >= 15 is 0 Å². The van der Waals surface area contributed by atoms with Crippen LogP contribution in [0.5, 0.6) is 0 Å². The van der Waals surface area contributed by atoms with E-state index in [-0.39, 0.29) is 5.92 Å². The molecule has 2 bridgehead atoms. The zero-order valence-corrected chi connectivity index (χ0v) is 11.7. The summed E-state index contributed by atoms with van der Waals surface area (Å²) in [6.07, 6.45) is -0.654. The van der Waals surface area contributed by atoms with Gasteiger partial charge in [0.15, 0.2) is 0 Å². The maximum absolute atomic E-state index is 12.8. The summed E-state index contributed by atoms with van der Waals surface area (Å²) in [5.74, 6) is -0.644. The minimum absolute atomic E-state index is 0.288. The topological polar surface area (TPSA) is 78.4 Å². The van der Waals surface area contributed by atoms with Gasteiger partial charge in [0.25, 0.3) is 0 Å². The van der Waals surface area contributed by atoms with E-state index in [9.17, 15) is 22.8 Å². The first-order valence-corrected chi connectivity index (χ1v) is 6.99. The number of amides is 2. The maximum atomic E-state index is 12.8. The Morgan fingerprint density at radius 1 is 1.24 bits per heavy atom. The second-order valence-electron chi connectivity index (χ2n) is 6.20. The fourth-order valence-electron chi connectivity index (χ4n) is 3.37. The van der Waals surface area contributed by atoms with Crippen molar-refractivity contribution in [3.63, 3.8) is 0 Å². The largest absolute Gasteiger partial charge is 0.479 e. The number of carboxylic acids is 1. The van der Waals surface area contributed by atoms with Gasteiger partial charge in [-0.05, 0) is 43.9 Å². The molecule has 21 heavy (non-hydrogen) atoms. The summed E-state index contributed by atoms with van der Waals surface area (Å²) in [7, 11) is 0. The van der Waals surface area contributed by atoms with Crippen LogP contribution in [-0.4, -0.2) is 35.4 Å². The Morgan fingerprint density at radius 3 is 2.33 bits per heavy atom. The van der Waals surface area contributed by atoms with Crippen LogP contribution in [0.15, 0.2) is 0 Å². The van der Waals surface area contributed by atoms with Crippen LogP contribution >= 0.6 is 0 Å². The van der Waals surface area contributed by atoms with Crippen molar-refractivity contribution in [3.05, 3.63) is 0 Å². The molecule has 4 atom stereocenters. The minimum atomic E-state index is -5.07. The molecule has 120 valence electrons. The maximum Gasteiger partial charge on any atom is 0.422 e. The van der Waals surface area contributed by atoms with Gasteiger partial charge in [-0.2, -0.15) is 13.2 Å². The molecule has 3 N–H and O–H groups in total. The van der Waals surface area contributed by atoms with Crippen molar-refractivity contribution in [1.82, 2.24) is 10.6 Å². The minimum Gasteiger partial charge on any atom is -0.479 e. The average molecular weight is 308 g/mol. The van der Waals surface area contributed by atoms with Gasteiger partial charge in [0.1, 0.15) is 0 Å². The molecule has 4 unspecified atom stereocenters. The smallest absolute Gasteiger partial charge is 0.422 e. The van der Waals surface area contributed by atoms with Gasteiger partial charge in [-0.3, -0.25) is 0 Å². The van der Waals surface area contributed by atoms with E-state index in [2.05, 4.69) is 5.32 Å². The van der Waals surface area contributed by atoms with Crippen molar-refractivity contribution >= 4 is 12.0 Å². The van der Waals surface area contributed by atoms with E-state index in [1.807, 2.05) is 0 Å². The van der Waals surface area contributed by atoms with Crippen molar-refractivity contribution in [2.75, 3.05) is 6.54 Å². The lowest BCUT2D eigenvalue weighted by molar-refractivity contribution is -0.203. The molecule has 2 amide bonds. The first kappa shape index (κ1) is 15.9. The standard InChI is InChI=1S/C13H19F3N2O3/c1-12(10(19)20,13(14,15)16)18-11(21)17-6-9-5-7-2-3-8(9)4-7/h7-9H,2-6H2,1H3,(H,19,20)(H2,17,18,21). The van der Waals surface area contributed by atoms with Gasteiger partial charge >= 0.3 is 18.2 Å². The van der Waals surface area contributed by atoms with Crippen LogP contribution in [0.25, 0.3) is 0 Å². The molecule has 0 heterocycles. The molecular formula is C13H19F3N2O3.